The van der Waals surface area contributed by atoms with E-state index in [9.17, 15) is 29.4 Å². The van der Waals surface area contributed by atoms with Crippen molar-refractivity contribution in [2.24, 2.45) is 0 Å². The van der Waals surface area contributed by atoms with Gasteiger partial charge in [-0.05, 0) is 37.1 Å². The van der Waals surface area contributed by atoms with Gasteiger partial charge in [0.15, 0.2) is 0 Å². The molecule has 31 heavy (non-hydrogen) atoms. The summed E-state index contributed by atoms with van der Waals surface area (Å²) in [6.07, 6.45) is 0.566. The molecular formula is C22H22N2O6S. The van der Waals surface area contributed by atoms with Crippen LogP contribution in [0.15, 0.2) is 48.5 Å². The number of amides is 1. The summed E-state index contributed by atoms with van der Waals surface area (Å²) in [4.78, 5) is 47.9. The van der Waals surface area contributed by atoms with Gasteiger partial charge < -0.3 is 20.3 Å². The molecule has 2 aromatic carbocycles. The Balaban J connectivity index is 1.89. The molecule has 1 aliphatic heterocycles. The molecule has 0 aromatic heterocycles. The molecule has 0 spiro atoms. The number of hydrogen-bond donors (Lipinski definition) is 4. The van der Waals surface area contributed by atoms with Crippen LogP contribution in [0.25, 0.3) is 11.1 Å². The van der Waals surface area contributed by atoms with Crippen LogP contribution in [0.2, 0.25) is 0 Å². The number of benzene rings is 2. The molecule has 1 amide bonds. The van der Waals surface area contributed by atoms with Gasteiger partial charge in [-0.1, -0.05) is 36.4 Å². The first kappa shape index (κ1) is 22.5. The third kappa shape index (κ3) is 4.62. The van der Waals surface area contributed by atoms with Gasteiger partial charge in [0.25, 0.3) is 5.91 Å². The summed E-state index contributed by atoms with van der Waals surface area (Å²) in [5.41, 5.74) is 1.05. The Hall–Kier alpha value is -3.17. The predicted octanol–water partition coefficient (Wildman–Crippen LogP) is 2.24. The summed E-state index contributed by atoms with van der Waals surface area (Å²) in [6, 6.07) is 11.0. The van der Waals surface area contributed by atoms with E-state index in [-0.39, 0.29) is 11.1 Å². The quantitative estimate of drug-likeness (QED) is 0.480. The molecular weight excluding hydrogens is 420 g/mol. The molecule has 0 radical (unpaired) electrons. The lowest BCUT2D eigenvalue weighted by molar-refractivity contribution is -0.140. The van der Waals surface area contributed by atoms with Gasteiger partial charge in [0.2, 0.25) is 0 Å². The number of carbonyl (C=O) groups excluding carboxylic acids is 2. The minimum absolute atomic E-state index is 0.0498. The number of carboxylic acid groups (broad SMARTS) is 2. The van der Waals surface area contributed by atoms with E-state index in [1.807, 2.05) is 0 Å². The monoisotopic (exact) mass is 442 g/mol. The molecule has 1 heterocycles. The van der Waals surface area contributed by atoms with Gasteiger partial charge >= 0.3 is 11.9 Å². The summed E-state index contributed by atoms with van der Waals surface area (Å²) < 4.78 is -0.680. The van der Waals surface area contributed by atoms with E-state index in [4.69, 9.17) is 0 Å². The molecule has 3 atom stereocenters. The van der Waals surface area contributed by atoms with Crippen LogP contribution in [0.3, 0.4) is 0 Å². The number of aldehydes is 1. The van der Waals surface area contributed by atoms with Crippen LogP contribution < -0.4 is 10.6 Å². The van der Waals surface area contributed by atoms with Crippen LogP contribution in [0.4, 0.5) is 0 Å². The summed E-state index contributed by atoms with van der Waals surface area (Å²) in [5.74, 6) is -2.72. The highest BCUT2D eigenvalue weighted by molar-refractivity contribution is 8.01. The van der Waals surface area contributed by atoms with Gasteiger partial charge in [-0.3, -0.25) is 14.9 Å². The van der Waals surface area contributed by atoms with Crippen LogP contribution in [0.5, 0.6) is 0 Å². The van der Waals surface area contributed by atoms with Crippen molar-refractivity contribution in [2.75, 3.05) is 0 Å². The molecule has 0 aliphatic carbocycles. The number of carbonyl (C=O) groups is 4. The number of carboxylic acids is 2. The highest BCUT2D eigenvalue weighted by Gasteiger charge is 2.47. The average molecular weight is 442 g/mol. The molecule has 0 bridgehead atoms. The molecule has 2 aromatic rings. The fourth-order valence-corrected chi connectivity index (χ4v) is 5.01. The SMILES string of the molecule is CC1(C)SC(C(C=O)NC(=O)c2ccccc2-c2ccccc2C(=O)O)NC1C(=O)O. The smallest absolute Gasteiger partial charge is 0.336 e. The van der Waals surface area contributed by atoms with Crippen LogP contribution in [0, 0.1) is 0 Å². The number of aliphatic carboxylic acids is 1. The van der Waals surface area contributed by atoms with Crippen LogP contribution >= 0.6 is 11.8 Å². The maximum absolute atomic E-state index is 13.1. The van der Waals surface area contributed by atoms with Gasteiger partial charge in [-0.25, -0.2) is 4.79 Å². The Bertz CT molecular complexity index is 1040. The summed E-state index contributed by atoms with van der Waals surface area (Å²) in [7, 11) is 0. The van der Waals surface area contributed by atoms with Crippen LogP contribution in [0.1, 0.15) is 34.6 Å². The van der Waals surface area contributed by atoms with Gasteiger partial charge in [0, 0.05) is 10.3 Å². The van der Waals surface area contributed by atoms with Crippen molar-refractivity contribution in [3.05, 3.63) is 59.7 Å². The van der Waals surface area contributed by atoms with Crippen molar-refractivity contribution in [3.63, 3.8) is 0 Å². The van der Waals surface area contributed by atoms with Crippen molar-refractivity contribution in [1.29, 1.82) is 0 Å². The van der Waals surface area contributed by atoms with Crippen LogP contribution in [-0.2, 0) is 9.59 Å². The van der Waals surface area contributed by atoms with E-state index < -0.39 is 40.1 Å². The number of nitrogens with one attached hydrogen (secondary N) is 2. The molecule has 1 fully saturated rings. The Labute approximate surface area is 183 Å². The molecule has 3 rings (SSSR count). The highest BCUT2D eigenvalue weighted by Crippen LogP contribution is 2.39. The minimum atomic E-state index is -1.12. The topological polar surface area (TPSA) is 133 Å². The van der Waals surface area contributed by atoms with E-state index in [1.54, 1.807) is 56.3 Å². The second-order valence-electron chi connectivity index (χ2n) is 7.61. The van der Waals surface area contributed by atoms with E-state index >= 15 is 0 Å². The average Bonchev–Trinajstić information content (AvgIpc) is 3.07. The molecule has 1 aliphatic rings. The third-order valence-corrected chi connectivity index (χ3v) is 6.62. The second kappa shape index (κ2) is 8.91. The largest absolute Gasteiger partial charge is 0.480 e. The van der Waals surface area contributed by atoms with Crippen LogP contribution in [-0.4, -0.2) is 56.5 Å². The van der Waals surface area contributed by atoms with Crippen molar-refractivity contribution >= 4 is 35.9 Å². The number of thioether (sulfide) groups is 1. The molecule has 8 nitrogen and oxygen atoms in total. The minimum Gasteiger partial charge on any atom is -0.480 e. The van der Waals surface area contributed by atoms with E-state index in [2.05, 4.69) is 10.6 Å². The highest BCUT2D eigenvalue weighted by atomic mass is 32.2. The lowest BCUT2D eigenvalue weighted by Crippen LogP contribution is -2.51. The second-order valence-corrected chi connectivity index (χ2v) is 9.41. The van der Waals surface area contributed by atoms with E-state index in [0.29, 0.717) is 17.4 Å². The first-order chi connectivity index (χ1) is 14.7. The molecule has 162 valence electrons. The Morgan fingerprint density at radius 2 is 1.58 bits per heavy atom. The zero-order valence-corrected chi connectivity index (χ0v) is 17.7. The molecule has 4 N–H and O–H groups in total. The summed E-state index contributed by atoms with van der Waals surface area (Å²) in [6.45, 7) is 3.51. The Kier molecular flexibility index (Phi) is 6.47. The molecule has 3 unspecified atom stereocenters. The van der Waals surface area contributed by atoms with Crippen molar-refractivity contribution in [2.45, 2.75) is 36.1 Å². The number of rotatable bonds is 7. The molecule has 9 heteroatoms. The van der Waals surface area contributed by atoms with Gasteiger partial charge in [-0.15, -0.1) is 11.8 Å². The van der Waals surface area contributed by atoms with Crippen molar-refractivity contribution in [1.82, 2.24) is 10.6 Å². The van der Waals surface area contributed by atoms with Gasteiger partial charge in [0.05, 0.1) is 10.9 Å². The van der Waals surface area contributed by atoms with Crippen molar-refractivity contribution in [3.8, 4) is 11.1 Å². The third-order valence-electron chi connectivity index (χ3n) is 5.09. The summed E-state index contributed by atoms with van der Waals surface area (Å²) >= 11 is 1.27. The Morgan fingerprint density at radius 1 is 1.03 bits per heavy atom. The van der Waals surface area contributed by atoms with Gasteiger partial charge in [0.1, 0.15) is 18.4 Å². The zero-order valence-electron chi connectivity index (χ0n) is 16.9. The normalized spacial score (nSPS) is 20.6. The maximum Gasteiger partial charge on any atom is 0.336 e. The Morgan fingerprint density at radius 3 is 2.10 bits per heavy atom. The van der Waals surface area contributed by atoms with Gasteiger partial charge in [-0.2, -0.15) is 0 Å². The van der Waals surface area contributed by atoms with E-state index in [1.165, 1.54) is 17.8 Å². The number of aromatic carboxylic acids is 1. The lowest BCUT2D eigenvalue weighted by Gasteiger charge is -2.22. The standard InChI is InChI=1S/C22H22N2O6S/c1-22(2)17(21(29)30)24-19(31-22)16(11-25)23-18(26)14-9-5-3-7-12(14)13-8-4-6-10-15(13)20(27)28/h3-11,16-17,19,24H,1-2H3,(H,23,26)(H,27,28)(H,29,30). The predicted molar refractivity (Wildman–Crippen MR) is 116 cm³/mol. The first-order valence-electron chi connectivity index (χ1n) is 9.50. The van der Waals surface area contributed by atoms with Crippen molar-refractivity contribution < 1.29 is 29.4 Å². The number of hydrogen-bond acceptors (Lipinski definition) is 6. The fourth-order valence-electron chi connectivity index (χ4n) is 3.57. The maximum atomic E-state index is 13.1. The molecule has 1 saturated heterocycles. The first-order valence-corrected chi connectivity index (χ1v) is 10.4. The summed E-state index contributed by atoms with van der Waals surface area (Å²) in [5, 5.41) is 23.8. The molecule has 0 saturated carbocycles. The lowest BCUT2D eigenvalue weighted by atomic mass is 9.95. The fraction of sp³-hybridized carbons (Fsp3) is 0.273. The zero-order chi connectivity index (χ0) is 22.8. The van der Waals surface area contributed by atoms with E-state index in [0.717, 1.165) is 0 Å².